The fourth-order valence-electron chi connectivity index (χ4n) is 1.42. The first kappa shape index (κ1) is 17.4. The van der Waals surface area contributed by atoms with Crippen LogP contribution in [0, 0.1) is 11.7 Å². The van der Waals surface area contributed by atoms with Gasteiger partial charge in [0.2, 0.25) is 0 Å². The molecule has 0 aliphatic carbocycles. The van der Waals surface area contributed by atoms with Crippen molar-refractivity contribution in [1.82, 2.24) is 10.6 Å². The van der Waals surface area contributed by atoms with Gasteiger partial charge in [0.1, 0.15) is 11.6 Å². The van der Waals surface area contributed by atoms with Crippen molar-refractivity contribution in [1.29, 1.82) is 0 Å². The molecule has 0 bridgehead atoms. The third-order valence-corrected chi connectivity index (χ3v) is 3.13. The van der Waals surface area contributed by atoms with Gasteiger partial charge in [0.05, 0.1) is 4.47 Å². The summed E-state index contributed by atoms with van der Waals surface area (Å²) in [5.41, 5.74) is 0. The van der Waals surface area contributed by atoms with E-state index in [1.807, 2.05) is 13.8 Å². The molecule has 21 heavy (non-hydrogen) atoms. The van der Waals surface area contributed by atoms with Crippen LogP contribution in [0.2, 0.25) is 0 Å². The van der Waals surface area contributed by atoms with Crippen LogP contribution in [0.4, 0.5) is 9.18 Å². The van der Waals surface area contributed by atoms with E-state index in [0.29, 0.717) is 22.7 Å². The Kier molecular flexibility index (Phi) is 7.14. The molecule has 1 aromatic rings. The van der Waals surface area contributed by atoms with E-state index in [9.17, 15) is 14.0 Å². The number of nitrogens with one attached hydrogen (secondary N) is 2. The number of imide groups is 1. The zero-order valence-electron chi connectivity index (χ0n) is 11.9. The number of benzene rings is 1. The molecule has 0 spiro atoms. The number of rotatable bonds is 6. The SMILES string of the molecule is CC(C)CCNC(=O)NC(=O)COc1ccc(F)cc1Br. The van der Waals surface area contributed by atoms with Gasteiger partial charge in [-0.05, 0) is 46.5 Å². The monoisotopic (exact) mass is 360 g/mol. The Morgan fingerprint density at radius 2 is 2.10 bits per heavy atom. The maximum absolute atomic E-state index is 12.9. The Labute approximate surface area is 131 Å². The van der Waals surface area contributed by atoms with Crippen molar-refractivity contribution in [2.75, 3.05) is 13.2 Å². The van der Waals surface area contributed by atoms with Crippen molar-refractivity contribution in [3.63, 3.8) is 0 Å². The molecule has 0 radical (unpaired) electrons. The molecular formula is C14H18BrFN2O3. The number of amides is 3. The topological polar surface area (TPSA) is 67.4 Å². The molecule has 116 valence electrons. The van der Waals surface area contributed by atoms with E-state index in [1.54, 1.807) is 0 Å². The molecule has 1 aromatic carbocycles. The minimum absolute atomic E-state index is 0.326. The molecule has 0 fully saturated rings. The maximum Gasteiger partial charge on any atom is 0.321 e. The lowest BCUT2D eigenvalue weighted by Gasteiger charge is -2.10. The van der Waals surface area contributed by atoms with Crippen molar-refractivity contribution < 1.29 is 18.7 Å². The highest BCUT2D eigenvalue weighted by atomic mass is 79.9. The minimum Gasteiger partial charge on any atom is -0.483 e. The third-order valence-electron chi connectivity index (χ3n) is 2.51. The molecule has 0 saturated heterocycles. The van der Waals surface area contributed by atoms with E-state index >= 15 is 0 Å². The summed E-state index contributed by atoms with van der Waals surface area (Å²) in [6.07, 6.45) is 0.834. The highest BCUT2D eigenvalue weighted by Gasteiger charge is 2.10. The molecule has 0 atom stereocenters. The molecule has 2 N–H and O–H groups in total. The second-order valence-corrected chi connectivity index (χ2v) is 5.70. The summed E-state index contributed by atoms with van der Waals surface area (Å²) in [5.74, 6) is -0.191. The van der Waals surface area contributed by atoms with Gasteiger partial charge in [0.25, 0.3) is 5.91 Å². The minimum atomic E-state index is -0.576. The number of halogens is 2. The van der Waals surface area contributed by atoms with Crippen molar-refractivity contribution >= 4 is 27.9 Å². The van der Waals surface area contributed by atoms with Gasteiger partial charge in [-0.2, -0.15) is 0 Å². The van der Waals surface area contributed by atoms with Crippen molar-refractivity contribution in [2.24, 2.45) is 5.92 Å². The molecule has 0 saturated carbocycles. The molecule has 0 aliphatic rings. The van der Waals surface area contributed by atoms with Crippen LogP contribution in [0.15, 0.2) is 22.7 Å². The van der Waals surface area contributed by atoms with Crippen molar-refractivity contribution in [2.45, 2.75) is 20.3 Å². The summed E-state index contributed by atoms with van der Waals surface area (Å²) < 4.78 is 18.5. The molecular weight excluding hydrogens is 343 g/mol. The molecule has 0 aromatic heterocycles. The summed E-state index contributed by atoms with van der Waals surface area (Å²) >= 11 is 3.12. The smallest absolute Gasteiger partial charge is 0.321 e. The van der Waals surface area contributed by atoms with Gasteiger partial charge in [-0.25, -0.2) is 9.18 Å². The van der Waals surface area contributed by atoms with Crippen LogP contribution in [-0.2, 0) is 4.79 Å². The Morgan fingerprint density at radius 1 is 1.38 bits per heavy atom. The number of carbonyl (C=O) groups is 2. The summed E-state index contributed by atoms with van der Waals surface area (Å²) in [7, 11) is 0. The second-order valence-electron chi connectivity index (χ2n) is 4.85. The summed E-state index contributed by atoms with van der Waals surface area (Å²) in [4.78, 5) is 22.9. The Morgan fingerprint density at radius 3 is 2.71 bits per heavy atom. The molecule has 3 amide bonds. The summed E-state index contributed by atoms with van der Waals surface area (Å²) in [5, 5.41) is 4.73. The number of hydrogen-bond acceptors (Lipinski definition) is 3. The molecule has 1 rings (SSSR count). The fourth-order valence-corrected chi connectivity index (χ4v) is 1.88. The van der Waals surface area contributed by atoms with Gasteiger partial charge in [-0.1, -0.05) is 13.8 Å². The van der Waals surface area contributed by atoms with E-state index in [1.165, 1.54) is 18.2 Å². The van der Waals surface area contributed by atoms with Gasteiger partial charge >= 0.3 is 6.03 Å². The van der Waals surface area contributed by atoms with Crippen LogP contribution in [0.1, 0.15) is 20.3 Å². The third kappa shape index (κ3) is 7.08. The first-order valence-corrected chi connectivity index (χ1v) is 7.33. The average Bonchev–Trinajstić information content (AvgIpc) is 2.37. The van der Waals surface area contributed by atoms with E-state index in [-0.39, 0.29) is 6.61 Å². The molecule has 0 aliphatic heterocycles. The van der Waals surface area contributed by atoms with Gasteiger partial charge in [0, 0.05) is 6.54 Å². The Bertz CT molecular complexity index is 509. The zero-order valence-corrected chi connectivity index (χ0v) is 13.5. The van der Waals surface area contributed by atoms with Crippen molar-refractivity contribution in [3.05, 3.63) is 28.5 Å². The van der Waals surface area contributed by atoms with Gasteiger partial charge in [-0.3, -0.25) is 10.1 Å². The van der Waals surface area contributed by atoms with Crippen LogP contribution < -0.4 is 15.4 Å². The Hall–Kier alpha value is -1.63. The zero-order chi connectivity index (χ0) is 15.8. The number of ether oxygens (including phenoxy) is 1. The maximum atomic E-state index is 12.9. The summed E-state index contributed by atoms with van der Waals surface area (Å²) in [6.45, 7) is 4.25. The van der Waals surface area contributed by atoms with E-state index in [0.717, 1.165) is 6.42 Å². The molecule has 0 unspecified atom stereocenters. The van der Waals surface area contributed by atoms with E-state index < -0.39 is 17.8 Å². The predicted molar refractivity (Wildman–Crippen MR) is 80.6 cm³/mol. The first-order chi connectivity index (χ1) is 9.88. The number of urea groups is 1. The fraction of sp³-hybridized carbons (Fsp3) is 0.429. The molecule has 5 nitrogen and oxygen atoms in total. The quantitative estimate of drug-likeness (QED) is 0.819. The van der Waals surface area contributed by atoms with Crippen LogP contribution in [0.5, 0.6) is 5.75 Å². The second kappa shape index (κ2) is 8.61. The largest absolute Gasteiger partial charge is 0.483 e. The summed E-state index contributed by atoms with van der Waals surface area (Å²) in [6, 6.07) is 3.29. The van der Waals surface area contributed by atoms with Gasteiger partial charge in [-0.15, -0.1) is 0 Å². The number of hydrogen-bond donors (Lipinski definition) is 2. The van der Waals surface area contributed by atoms with Crippen LogP contribution in [0.3, 0.4) is 0 Å². The van der Waals surface area contributed by atoms with E-state index in [4.69, 9.17) is 4.74 Å². The highest BCUT2D eigenvalue weighted by molar-refractivity contribution is 9.10. The predicted octanol–water partition coefficient (Wildman–Crippen LogP) is 2.84. The lowest BCUT2D eigenvalue weighted by atomic mass is 10.1. The highest BCUT2D eigenvalue weighted by Crippen LogP contribution is 2.25. The van der Waals surface area contributed by atoms with Crippen LogP contribution in [0.25, 0.3) is 0 Å². The van der Waals surface area contributed by atoms with Crippen LogP contribution >= 0.6 is 15.9 Å². The average molecular weight is 361 g/mol. The van der Waals surface area contributed by atoms with Crippen molar-refractivity contribution in [3.8, 4) is 5.75 Å². The standard InChI is InChI=1S/C14H18BrFN2O3/c1-9(2)5-6-17-14(20)18-13(19)8-21-12-4-3-10(16)7-11(12)15/h3-4,7,9H,5-6,8H2,1-2H3,(H2,17,18,19,20). The lowest BCUT2D eigenvalue weighted by Crippen LogP contribution is -2.42. The van der Waals surface area contributed by atoms with Crippen LogP contribution in [-0.4, -0.2) is 25.1 Å². The molecule has 7 heteroatoms. The normalized spacial score (nSPS) is 10.3. The Balaban J connectivity index is 2.32. The van der Waals surface area contributed by atoms with Gasteiger partial charge in [0.15, 0.2) is 6.61 Å². The molecule has 0 heterocycles. The first-order valence-electron chi connectivity index (χ1n) is 6.54. The van der Waals surface area contributed by atoms with Gasteiger partial charge < -0.3 is 10.1 Å². The number of carbonyl (C=O) groups excluding carboxylic acids is 2. The van der Waals surface area contributed by atoms with E-state index in [2.05, 4.69) is 26.6 Å². The lowest BCUT2D eigenvalue weighted by molar-refractivity contribution is -0.122.